The molecule has 0 saturated carbocycles. The smallest absolute Gasteiger partial charge is 0.263 e. The van der Waals surface area contributed by atoms with Crippen LogP contribution >= 0.6 is 0 Å². The van der Waals surface area contributed by atoms with Crippen molar-refractivity contribution in [1.29, 1.82) is 0 Å². The van der Waals surface area contributed by atoms with E-state index in [9.17, 15) is 8.42 Å². The highest BCUT2D eigenvalue weighted by Crippen LogP contribution is 2.20. The molecule has 1 aromatic carbocycles. The molecule has 2 heterocycles. The summed E-state index contributed by atoms with van der Waals surface area (Å²) in [6.07, 6.45) is 1.48. The fourth-order valence-corrected chi connectivity index (χ4v) is 3.46. The van der Waals surface area contributed by atoms with Gasteiger partial charge in [-0.3, -0.25) is 4.72 Å². The number of nitrogens with one attached hydrogen (secondary N) is 1. The standard InChI is InChI=1S/C17H19N5O3S/c1-4-25-14-5-7-15(8-6-14)26(23,24)21-16-9-10-18-22(16)17-19-12(2)11-13(3)20-17/h5-11,21H,4H2,1-3H3. The van der Waals surface area contributed by atoms with E-state index in [-0.39, 0.29) is 10.7 Å². The Balaban J connectivity index is 1.90. The Bertz CT molecular complexity index is 993. The van der Waals surface area contributed by atoms with E-state index in [0.29, 0.717) is 18.3 Å². The molecule has 8 nitrogen and oxygen atoms in total. The highest BCUT2D eigenvalue weighted by Gasteiger charge is 2.18. The van der Waals surface area contributed by atoms with Gasteiger partial charge in [-0.2, -0.15) is 9.78 Å². The molecule has 2 aromatic heterocycles. The Labute approximate surface area is 151 Å². The summed E-state index contributed by atoms with van der Waals surface area (Å²) in [5, 5.41) is 4.13. The number of ether oxygens (including phenoxy) is 1. The van der Waals surface area contributed by atoms with Crippen molar-refractivity contribution in [1.82, 2.24) is 19.7 Å². The number of hydrogen-bond donors (Lipinski definition) is 1. The molecule has 136 valence electrons. The third kappa shape index (κ3) is 3.83. The number of benzene rings is 1. The van der Waals surface area contributed by atoms with Crippen molar-refractivity contribution < 1.29 is 13.2 Å². The molecule has 3 aromatic rings. The van der Waals surface area contributed by atoms with Gasteiger partial charge in [-0.1, -0.05) is 0 Å². The number of rotatable bonds is 6. The van der Waals surface area contributed by atoms with Crippen LogP contribution in [0, 0.1) is 13.8 Å². The van der Waals surface area contributed by atoms with Crippen LogP contribution in [0.1, 0.15) is 18.3 Å². The van der Waals surface area contributed by atoms with E-state index in [1.54, 1.807) is 18.2 Å². The van der Waals surface area contributed by atoms with E-state index in [1.807, 2.05) is 26.8 Å². The van der Waals surface area contributed by atoms with Gasteiger partial charge >= 0.3 is 0 Å². The van der Waals surface area contributed by atoms with Gasteiger partial charge in [-0.25, -0.2) is 18.4 Å². The molecule has 9 heteroatoms. The fraction of sp³-hybridized carbons (Fsp3) is 0.235. The number of hydrogen-bond acceptors (Lipinski definition) is 6. The van der Waals surface area contributed by atoms with Crippen molar-refractivity contribution in [2.24, 2.45) is 0 Å². The van der Waals surface area contributed by atoms with E-state index in [4.69, 9.17) is 4.74 Å². The van der Waals surface area contributed by atoms with Crippen molar-refractivity contribution in [2.45, 2.75) is 25.7 Å². The number of nitrogens with zero attached hydrogens (tertiary/aromatic N) is 4. The molecule has 0 aliphatic heterocycles. The lowest BCUT2D eigenvalue weighted by Gasteiger charge is -2.11. The first-order chi connectivity index (χ1) is 12.4. The molecule has 0 aliphatic rings. The molecule has 0 atom stereocenters. The van der Waals surface area contributed by atoms with Gasteiger partial charge in [0.25, 0.3) is 16.0 Å². The van der Waals surface area contributed by atoms with Gasteiger partial charge in [0.1, 0.15) is 11.6 Å². The maximum absolute atomic E-state index is 12.7. The molecule has 0 saturated heterocycles. The summed E-state index contributed by atoms with van der Waals surface area (Å²) in [6, 6.07) is 9.58. The zero-order valence-corrected chi connectivity index (χ0v) is 15.5. The van der Waals surface area contributed by atoms with Crippen LogP contribution in [0.25, 0.3) is 5.95 Å². The average Bonchev–Trinajstić information content (AvgIpc) is 3.02. The highest BCUT2D eigenvalue weighted by atomic mass is 32.2. The van der Waals surface area contributed by atoms with Gasteiger partial charge in [0.05, 0.1) is 17.7 Å². The molecule has 0 unspecified atom stereocenters. The molecule has 3 rings (SSSR count). The minimum Gasteiger partial charge on any atom is -0.494 e. The SMILES string of the molecule is CCOc1ccc(S(=O)(=O)Nc2ccnn2-c2nc(C)cc(C)n2)cc1. The fourth-order valence-electron chi connectivity index (χ4n) is 2.42. The van der Waals surface area contributed by atoms with Gasteiger partial charge in [-0.05, 0) is 51.1 Å². The zero-order valence-electron chi connectivity index (χ0n) is 14.7. The third-order valence-electron chi connectivity index (χ3n) is 3.49. The third-order valence-corrected chi connectivity index (χ3v) is 4.86. The Hall–Kier alpha value is -2.94. The molecule has 1 N–H and O–H groups in total. The van der Waals surface area contributed by atoms with Crippen LogP contribution in [-0.4, -0.2) is 34.8 Å². The van der Waals surface area contributed by atoms with Crippen LogP contribution in [0.3, 0.4) is 0 Å². The first kappa shape index (κ1) is 17.9. The van der Waals surface area contributed by atoms with Crippen molar-refractivity contribution in [2.75, 3.05) is 11.3 Å². The van der Waals surface area contributed by atoms with Gasteiger partial charge in [0, 0.05) is 17.5 Å². The summed E-state index contributed by atoms with van der Waals surface area (Å²) in [5.74, 6) is 1.17. The lowest BCUT2D eigenvalue weighted by atomic mass is 10.3. The summed E-state index contributed by atoms with van der Waals surface area (Å²) in [7, 11) is -3.79. The van der Waals surface area contributed by atoms with Gasteiger partial charge in [0.15, 0.2) is 0 Å². The van der Waals surface area contributed by atoms with E-state index in [0.717, 1.165) is 11.4 Å². The predicted molar refractivity (Wildman–Crippen MR) is 97.0 cm³/mol. The average molecular weight is 373 g/mol. The zero-order chi connectivity index (χ0) is 18.7. The Kier molecular flexibility index (Phi) is 4.90. The Morgan fingerprint density at radius 2 is 1.73 bits per heavy atom. The summed E-state index contributed by atoms with van der Waals surface area (Å²) >= 11 is 0. The first-order valence-electron chi connectivity index (χ1n) is 8.01. The topological polar surface area (TPSA) is 99.0 Å². The maximum Gasteiger partial charge on any atom is 0.263 e. The second-order valence-corrected chi connectivity index (χ2v) is 7.27. The molecule has 0 radical (unpaired) electrons. The molecule has 0 amide bonds. The van der Waals surface area contributed by atoms with E-state index >= 15 is 0 Å². The normalized spacial score (nSPS) is 11.3. The van der Waals surface area contributed by atoms with Crippen LogP contribution in [-0.2, 0) is 10.0 Å². The molecular weight excluding hydrogens is 354 g/mol. The Morgan fingerprint density at radius 1 is 1.08 bits per heavy atom. The monoisotopic (exact) mass is 373 g/mol. The number of anilines is 1. The van der Waals surface area contributed by atoms with Crippen molar-refractivity contribution in [3.05, 3.63) is 54.0 Å². The second kappa shape index (κ2) is 7.12. The largest absolute Gasteiger partial charge is 0.494 e. The van der Waals surface area contributed by atoms with Gasteiger partial charge in [0.2, 0.25) is 0 Å². The lowest BCUT2D eigenvalue weighted by molar-refractivity contribution is 0.340. The number of aryl methyl sites for hydroxylation is 2. The molecular formula is C17H19N5O3S. The summed E-state index contributed by atoms with van der Waals surface area (Å²) in [4.78, 5) is 8.74. The van der Waals surface area contributed by atoms with E-state index < -0.39 is 10.0 Å². The number of sulfonamides is 1. The molecule has 0 spiro atoms. The Morgan fingerprint density at radius 3 is 2.35 bits per heavy atom. The minimum absolute atomic E-state index is 0.120. The highest BCUT2D eigenvalue weighted by molar-refractivity contribution is 7.92. The summed E-state index contributed by atoms with van der Waals surface area (Å²) in [5.41, 5.74) is 1.53. The van der Waals surface area contributed by atoms with Crippen LogP contribution < -0.4 is 9.46 Å². The van der Waals surface area contributed by atoms with Crippen LogP contribution in [0.15, 0.2) is 47.5 Å². The first-order valence-corrected chi connectivity index (χ1v) is 9.50. The molecule has 0 aliphatic carbocycles. The minimum atomic E-state index is -3.79. The van der Waals surface area contributed by atoms with E-state index in [1.165, 1.54) is 23.0 Å². The summed E-state index contributed by atoms with van der Waals surface area (Å²) < 4.78 is 34.5. The second-order valence-electron chi connectivity index (χ2n) is 5.59. The van der Waals surface area contributed by atoms with Crippen molar-refractivity contribution >= 4 is 15.8 Å². The molecule has 0 bridgehead atoms. The van der Waals surface area contributed by atoms with Crippen LogP contribution in [0.5, 0.6) is 5.75 Å². The van der Waals surface area contributed by atoms with E-state index in [2.05, 4.69) is 19.8 Å². The quantitative estimate of drug-likeness (QED) is 0.713. The van der Waals surface area contributed by atoms with Gasteiger partial charge < -0.3 is 4.74 Å². The lowest BCUT2D eigenvalue weighted by Crippen LogP contribution is -2.17. The van der Waals surface area contributed by atoms with Crippen LogP contribution in [0.4, 0.5) is 5.82 Å². The summed E-state index contributed by atoms with van der Waals surface area (Å²) in [6.45, 7) is 6.05. The van der Waals surface area contributed by atoms with Crippen LogP contribution in [0.2, 0.25) is 0 Å². The van der Waals surface area contributed by atoms with Crippen molar-refractivity contribution in [3.8, 4) is 11.7 Å². The van der Waals surface area contributed by atoms with Crippen molar-refractivity contribution in [3.63, 3.8) is 0 Å². The molecule has 26 heavy (non-hydrogen) atoms. The predicted octanol–water partition coefficient (Wildman–Crippen LogP) is 2.48. The molecule has 0 fully saturated rings. The maximum atomic E-state index is 12.7. The van der Waals surface area contributed by atoms with Gasteiger partial charge in [-0.15, -0.1) is 0 Å². The number of aromatic nitrogens is 4.